The molecule has 120 valence electrons. The summed E-state index contributed by atoms with van der Waals surface area (Å²) in [7, 11) is 0. The van der Waals surface area contributed by atoms with E-state index in [1.54, 1.807) is 12.3 Å². The Balaban J connectivity index is 1.35. The first kappa shape index (κ1) is 14.9. The molecular weight excluding hydrogens is 299 g/mol. The smallest absolute Gasteiger partial charge is 0.213 e. The van der Waals surface area contributed by atoms with Gasteiger partial charge in [0.2, 0.25) is 5.95 Å². The lowest BCUT2D eigenvalue weighted by molar-refractivity contribution is 0.0425. The fourth-order valence-corrected chi connectivity index (χ4v) is 5.64. The summed E-state index contributed by atoms with van der Waals surface area (Å²) < 4.78 is 18.7. The highest BCUT2D eigenvalue weighted by molar-refractivity contribution is 8.00. The van der Waals surface area contributed by atoms with E-state index in [0.717, 1.165) is 32.1 Å². The lowest BCUT2D eigenvalue weighted by Gasteiger charge is -2.31. The number of fused-ring (bicyclic) bond motifs is 1. The number of hydrogen-bond acceptors (Lipinski definition) is 4. The van der Waals surface area contributed by atoms with Gasteiger partial charge in [0.25, 0.3) is 0 Å². The lowest BCUT2D eigenvalue weighted by atomic mass is 10.1. The summed E-state index contributed by atoms with van der Waals surface area (Å²) in [5.74, 6) is -0.337. The van der Waals surface area contributed by atoms with Crippen molar-refractivity contribution in [3.63, 3.8) is 0 Å². The standard InChI is InChI=1S/C17H23FN2OS/c18-17-9-12-1-2-16(15(12)10-19-17)22-14-3-6-20(11-14)13-4-7-21-8-5-13/h9-10,13-14,16H,1-8,11H2/t14-,16?/m1/s1. The fraction of sp³-hybridized carbons (Fsp3) is 0.706. The third kappa shape index (κ3) is 3.03. The van der Waals surface area contributed by atoms with Gasteiger partial charge in [-0.25, -0.2) is 4.98 Å². The zero-order chi connectivity index (χ0) is 14.9. The van der Waals surface area contributed by atoms with Gasteiger partial charge in [-0.15, -0.1) is 11.8 Å². The maximum atomic E-state index is 13.2. The molecule has 0 bridgehead atoms. The highest BCUT2D eigenvalue weighted by Gasteiger charge is 2.33. The Labute approximate surface area is 135 Å². The van der Waals surface area contributed by atoms with E-state index in [1.165, 1.54) is 43.5 Å². The zero-order valence-corrected chi connectivity index (χ0v) is 13.7. The van der Waals surface area contributed by atoms with Gasteiger partial charge in [-0.1, -0.05) is 0 Å². The molecule has 3 aliphatic rings. The van der Waals surface area contributed by atoms with Crippen LogP contribution >= 0.6 is 11.8 Å². The lowest BCUT2D eigenvalue weighted by Crippen LogP contribution is -2.38. The van der Waals surface area contributed by atoms with Crippen molar-refractivity contribution in [2.75, 3.05) is 26.3 Å². The van der Waals surface area contributed by atoms with Crippen molar-refractivity contribution in [3.05, 3.63) is 29.3 Å². The molecule has 3 heterocycles. The number of ether oxygens (including phenoxy) is 1. The van der Waals surface area contributed by atoms with Crippen LogP contribution in [0.1, 0.15) is 42.1 Å². The minimum atomic E-state index is -0.337. The van der Waals surface area contributed by atoms with Gasteiger partial charge < -0.3 is 4.74 Å². The molecule has 3 nitrogen and oxygen atoms in total. The molecule has 0 radical (unpaired) electrons. The Morgan fingerprint density at radius 2 is 2.09 bits per heavy atom. The monoisotopic (exact) mass is 322 g/mol. The number of hydrogen-bond donors (Lipinski definition) is 0. The van der Waals surface area contributed by atoms with Gasteiger partial charge in [0, 0.05) is 42.5 Å². The topological polar surface area (TPSA) is 25.4 Å². The molecule has 1 aromatic heterocycles. The van der Waals surface area contributed by atoms with Gasteiger partial charge in [-0.2, -0.15) is 4.39 Å². The molecule has 0 aromatic carbocycles. The average Bonchev–Trinajstić information content (AvgIpc) is 3.16. The Bertz CT molecular complexity index is 535. The summed E-state index contributed by atoms with van der Waals surface area (Å²) in [5, 5.41) is 1.23. The predicted molar refractivity (Wildman–Crippen MR) is 86.7 cm³/mol. The molecular formula is C17H23FN2OS. The van der Waals surface area contributed by atoms with Crippen molar-refractivity contribution in [1.82, 2.24) is 9.88 Å². The second-order valence-corrected chi connectivity index (χ2v) is 8.13. The molecule has 5 heteroatoms. The van der Waals surface area contributed by atoms with E-state index in [2.05, 4.69) is 21.6 Å². The van der Waals surface area contributed by atoms with Crippen LogP contribution in [-0.4, -0.2) is 47.5 Å². The van der Waals surface area contributed by atoms with Crippen molar-refractivity contribution >= 4 is 11.8 Å². The molecule has 0 saturated carbocycles. The zero-order valence-electron chi connectivity index (χ0n) is 12.8. The Hall–Kier alpha value is -0.650. The summed E-state index contributed by atoms with van der Waals surface area (Å²) in [6.07, 6.45) is 7.56. The van der Waals surface area contributed by atoms with Crippen LogP contribution in [-0.2, 0) is 11.2 Å². The maximum absolute atomic E-state index is 13.2. The number of halogens is 1. The average molecular weight is 322 g/mol. The van der Waals surface area contributed by atoms with Crippen molar-refractivity contribution < 1.29 is 9.13 Å². The van der Waals surface area contributed by atoms with Crippen LogP contribution < -0.4 is 0 Å². The number of pyridine rings is 1. The molecule has 0 N–H and O–H groups in total. The van der Waals surface area contributed by atoms with E-state index in [1.807, 2.05) is 0 Å². The van der Waals surface area contributed by atoms with Crippen LogP contribution in [0.5, 0.6) is 0 Å². The highest BCUT2D eigenvalue weighted by Crippen LogP contribution is 2.44. The largest absolute Gasteiger partial charge is 0.381 e. The van der Waals surface area contributed by atoms with E-state index >= 15 is 0 Å². The predicted octanol–water partition coefficient (Wildman–Crippen LogP) is 3.19. The molecule has 1 unspecified atom stereocenters. The van der Waals surface area contributed by atoms with Crippen LogP contribution in [0.2, 0.25) is 0 Å². The Morgan fingerprint density at radius 1 is 1.23 bits per heavy atom. The molecule has 2 saturated heterocycles. The van der Waals surface area contributed by atoms with Gasteiger partial charge in [-0.3, -0.25) is 4.90 Å². The Kier molecular flexibility index (Phi) is 4.38. The molecule has 2 fully saturated rings. The first-order chi connectivity index (χ1) is 10.8. The first-order valence-electron chi connectivity index (χ1n) is 8.41. The summed E-state index contributed by atoms with van der Waals surface area (Å²) in [6.45, 7) is 4.28. The first-order valence-corrected chi connectivity index (χ1v) is 9.35. The van der Waals surface area contributed by atoms with Crippen LogP contribution in [0.15, 0.2) is 12.3 Å². The summed E-state index contributed by atoms with van der Waals surface area (Å²) in [5.41, 5.74) is 2.44. The minimum Gasteiger partial charge on any atom is -0.381 e. The van der Waals surface area contributed by atoms with Crippen LogP contribution in [0.4, 0.5) is 4.39 Å². The van der Waals surface area contributed by atoms with Gasteiger partial charge in [0.1, 0.15) is 0 Å². The van der Waals surface area contributed by atoms with E-state index in [9.17, 15) is 4.39 Å². The summed E-state index contributed by atoms with van der Waals surface area (Å²) >= 11 is 2.10. The quantitative estimate of drug-likeness (QED) is 0.798. The third-order valence-corrected chi connectivity index (χ3v) is 6.84. The molecule has 1 aromatic rings. The van der Waals surface area contributed by atoms with E-state index < -0.39 is 0 Å². The maximum Gasteiger partial charge on any atom is 0.213 e. The second-order valence-electron chi connectivity index (χ2n) is 6.62. The molecule has 2 atom stereocenters. The fourth-order valence-electron chi connectivity index (χ4n) is 4.05. The van der Waals surface area contributed by atoms with Gasteiger partial charge in [-0.05, 0) is 55.8 Å². The summed E-state index contributed by atoms with van der Waals surface area (Å²) in [4.78, 5) is 6.53. The van der Waals surface area contributed by atoms with Crippen molar-refractivity contribution in [2.45, 2.75) is 48.6 Å². The number of aromatic nitrogens is 1. The van der Waals surface area contributed by atoms with Crippen LogP contribution in [0, 0.1) is 5.95 Å². The van der Waals surface area contributed by atoms with E-state index in [-0.39, 0.29) is 5.95 Å². The number of likely N-dealkylation sites (tertiary alicyclic amines) is 1. The van der Waals surface area contributed by atoms with Gasteiger partial charge >= 0.3 is 0 Å². The third-order valence-electron chi connectivity index (χ3n) is 5.25. The number of rotatable bonds is 3. The van der Waals surface area contributed by atoms with Crippen molar-refractivity contribution in [1.29, 1.82) is 0 Å². The second kappa shape index (κ2) is 6.46. The molecule has 22 heavy (non-hydrogen) atoms. The highest BCUT2D eigenvalue weighted by atomic mass is 32.2. The molecule has 0 amide bonds. The summed E-state index contributed by atoms with van der Waals surface area (Å²) in [6, 6.07) is 2.35. The van der Waals surface area contributed by atoms with E-state index in [0.29, 0.717) is 10.5 Å². The van der Waals surface area contributed by atoms with Crippen molar-refractivity contribution in [2.24, 2.45) is 0 Å². The molecule has 1 aliphatic carbocycles. The molecule has 4 rings (SSSR count). The SMILES string of the molecule is Fc1cc2c(cn1)C(S[C@@H]1CCN(C3CCOCC3)C1)CC2. The van der Waals surface area contributed by atoms with Crippen LogP contribution in [0.25, 0.3) is 0 Å². The number of aryl methyl sites for hydroxylation is 1. The normalized spacial score (nSPS) is 29.9. The molecule has 2 aliphatic heterocycles. The van der Waals surface area contributed by atoms with Crippen LogP contribution in [0.3, 0.4) is 0 Å². The number of nitrogens with zero attached hydrogens (tertiary/aromatic N) is 2. The van der Waals surface area contributed by atoms with E-state index in [4.69, 9.17) is 4.74 Å². The number of thioether (sulfide) groups is 1. The van der Waals surface area contributed by atoms with Gasteiger partial charge in [0.05, 0.1) is 0 Å². The van der Waals surface area contributed by atoms with Gasteiger partial charge in [0.15, 0.2) is 0 Å². The Morgan fingerprint density at radius 3 is 2.95 bits per heavy atom. The minimum absolute atomic E-state index is 0.337. The van der Waals surface area contributed by atoms with Crippen molar-refractivity contribution in [3.8, 4) is 0 Å². The molecule has 0 spiro atoms.